The first kappa shape index (κ1) is 14.7. The Morgan fingerprint density at radius 2 is 2.14 bits per heavy atom. The molecule has 0 radical (unpaired) electrons. The molecule has 2 aromatic carbocycles. The summed E-state index contributed by atoms with van der Waals surface area (Å²) in [4.78, 5) is 11.0. The molecule has 3 nitrogen and oxygen atoms in total. The smallest absolute Gasteiger partial charge is 0.335 e. The van der Waals surface area contributed by atoms with Crippen LogP contribution in [-0.4, -0.2) is 11.1 Å². The van der Waals surface area contributed by atoms with E-state index in [1.54, 1.807) is 24.3 Å². The highest BCUT2D eigenvalue weighted by Gasteiger charge is 2.20. The van der Waals surface area contributed by atoms with Gasteiger partial charge in [0.2, 0.25) is 0 Å². The molecule has 3 rings (SSSR count). The van der Waals surface area contributed by atoms with E-state index in [2.05, 4.69) is 5.32 Å². The lowest BCUT2D eigenvalue weighted by atomic mass is 9.87. The largest absolute Gasteiger partial charge is 0.478 e. The van der Waals surface area contributed by atoms with Crippen LogP contribution in [0.4, 0.5) is 4.39 Å². The third-order valence-electron chi connectivity index (χ3n) is 4.15. The van der Waals surface area contributed by atoms with Gasteiger partial charge in [-0.3, -0.25) is 0 Å². The molecule has 0 saturated heterocycles. The van der Waals surface area contributed by atoms with Crippen LogP contribution in [0.3, 0.4) is 0 Å². The molecule has 0 aliphatic heterocycles. The SMILES string of the molecule is O=C(O)c1cccc(CN[C@H]2CCCc3ccc(F)cc32)c1. The van der Waals surface area contributed by atoms with Gasteiger partial charge in [0.05, 0.1) is 5.56 Å². The molecule has 1 aliphatic rings. The number of benzene rings is 2. The molecule has 1 aliphatic carbocycles. The first-order valence-corrected chi connectivity index (χ1v) is 7.47. The summed E-state index contributed by atoms with van der Waals surface area (Å²) in [6.07, 6.45) is 3.03. The molecule has 2 N–H and O–H groups in total. The highest BCUT2D eigenvalue weighted by atomic mass is 19.1. The summed E-state index contributed by atoms with van der Waals surface area (Å²) >= 11 is 0. The van der Waals surface area contributed by atoms with Gasteiger partial charge in [0.25, 0.3) is 0 Å². The number of hydrogen-bond acceptors (Lipinski definition) is 2. The molecular weight excluding hydrogens is 281 g/mol. The fourth-order valence-corrected chi connectivity index (χ4v) is 3.04. The molecule has 114 valence electrons. The lowest BCUT2D eigenvalue weighted by Gasteiger charge is -2.26. The van der Waals surface area contributed by atoms with E-state index in [4.69, 9.17) is 5.11 Å². The van der Waals surface area contributed by atoms with Gasteiger partial charge in [0.1, 0.15) is 5.82 Å². The molecule has 0 heterocycles. The number of halogens is 1. The Morgan fingerprint density at radius 3 is 2.95 bits per heavy atom. The predicted octanol–water partition coefficient (Wildman–Crippen LogP) is 3.69. The molecule has 4 heteroatoms. The molecule has 0 aromatic heterocycles. The number of hydrogen-bond donors (Lipinski definition) is 2. The third kappa shape index (κ3) is 3.17. The minimum absolute atomic E-state index is 0.118. The summed E-state index contributed by atoms with van der Waals surface area (Å²) in [6, 6.07) is 12.0. The van der Waals surface area contributed by atoms with Crippen molar-refractivity contribution in [3.05, 3.63) is 70.5 Å². The average molecular weight is 299 g/mol. The van der Waals surface area contributed by atoms with Crippen molar-refractivity contribution in [1.29, 1.82) is 0 Å². The molecular formula is C18H18FNO2. The normalized spacial score (nSPS) is 17.0. The van der Waals surface area contributed by atoms with Crippen LogP contribution in [-0.2, 0) is 13.0 Å². The van der Waals surface area contributed by atoms with E-state index in [1.165, 1.54) is 11.6 Å². The summed E-state index contributed by atoms with van der Waals surface area (Å²) in [6.45, 7) is 0.571. The zero-order valence-corrected chi connectivity index (χ0v) is 12.2. The van der Waals surface area contributed by atoms with Crippen molar-refractivity contribution in [3.63, 3.8) is 0 Å². The molecule has 0 amide bonds. The Morgan fingerprint density at radius 1 is 1.27 bits per heavy atom. The van der Waals surface area contributed by atoms with Gasteiger partial charge in [-0.2, -0.15) is 0 Å². The fourth-order valence-electron chi connectivity index (χ4n) is 3.04. The number of rotatable bonds is 4. The monoisotopic (exact) mass is 299 g/mol. The zero-order chi connectivity index (χ0) is 15.5. The maximum atomic E-state index is 13.5. The molecule has 0 saturated carbocycles. The van der Waals surface area contributed by atoms with E-state index in [0.717, 1.165) is 30.4 Å². The van der Waals surface area contributed by atoms with Crippen molar-refractivity contribution in [3.8, 4) is 0 Å². The molecule has 22 heavy (non-hydrogen) atoms. The summed E-state index contributed by atoms with van der Waals surface area (Å²) in [7, 11) is 0. The van der Waals surface area contributed by atoms with E-state index in [-0.39, 0.29) is 17.4 Å². The minimum Gasteiger partial charge on any atom is -0.478 e. The third-order valence-corrected chi connectivity index (χ3v) is 4.15. The van der Waals surface area contributed by atoms with E-state index < -0.39 is 5.97 Å². The van der Waals surface area contributed by atoms with Crippen molar-refractivity contribution in [1.82, 2.24) is 5.32 Å². The lowest BCUT2D eigenvalue weighted by Crippen LogP contribution is -2.25. The van der Waals surface area contributed by atoms with Crippen molar-refractivity contribution < 1.29 is 14.3 Å². The summed E-state index contributed by atoms with van der Waals surface area (Å²) in [5.74, 6) is -1.13. The Labute approximate surface area is 128 Å². The number of aryl methyl sites for hydroxylation is 1. The second kappa shape index (κ2) is 6.28. The minimum atomic E-state index is -0.924. The number of carboxylic acids is 1. The molecule has 0 bridgehead atoms. The van der Waals surface area contributed by atoms with Gasteiger partial charge in [-0.05, 0) is 60.2 Å². The molecule has 0 fully saturated rings. The van der Waals surface area contributed by atoms with Crippen LogP contribution < -0.4 is 5.32 Å². The Hall–Kier alpha value is -2.20. The Balaban J connectivity index is 1.74. The van der Waals surface area contributed by atoms with Gasteiger partial charge in [-0.25, -0.2) is 9.18 Å². The lowest BCUT2D eigenvalue weighted by molar-refractivity contribution is 0.0696. The van der Waals surface area contributed by atoms with Gasteiger partial charge in [-0.15, -0.1) is 0 Å². The number of fused-ring (bicyclic) bond motifs is 1. The number of carbonyl (C=O) groups is 1. The average Bonchev–Trinajstić information content (AvgIpc) is 2.53. The number of nitrogens with one attached hydrogen (secondary N) is 1. The maximum Gasteiger partial charge on any atom is 0.335 e. The van der Waals surface area contributed by atoms with E-state index in [1.807, 2.05) is 12.1 Å². The summed E-state index contributed by atoms with van der Waals surface area (Å²) < 4.78 is 13.5. The molecule has 0 spiro atoms. The van der Waals surface area contributed by atoms with Crippen LogP contribution in [0.1, 0.15) is 45.9 Å². The predicted molar refractivity (Wildman–Crippen MR) is 82.3 cm³/mol. The zero-order valence-electron chi connectivity index (χ0n) is 12.2. The van der Waals surface area contributed by atoms with Crippen LogP contribution in [0.15, 0.2) is 42.5 Å². The van der Waals surface area contributed by atoms with Crippen molar-refractivity contribution in [2.75, 3.05) is 0 Å². The molecule has 0 unspecified atom stereocenters. The van der Waals surface area contributed by atoms with Crippen molar-refractivity contribution in [2.45, 2.75) is 31.8 Å². The van der Waals surface area contributed by atoms with Crippen molar-refractivity contribution in [2.24, 2.45) is 0 Å². The number of carboxylic acid groups (broad SMARTS) is 1. The van der Waals surface area contributed by atoms with Gasteiger partial charge >= 0.3 is 5.97 Å². The van der Waals surface area contributed by atoms with Gasteiger partial charge in [0, 0.05) is 12.6 Å². The quantitative estimate of drug-likeness (QED) is 0.905. The van der Waals surface area contributed by atoms with Crippen LogP contribution in [0, 0.1) is 5.82 Å². The van der Waals surface area contributed by atoms with E-state index >= 15 is 0 Å². The second-order valence-electron chi connectivity index (χ2n) is 5.67. The summed E-state index contributed by atoms with van der Waals surface area (Å²) in [5.41, 5.74) is 3.43. The van der Waals surface area contributed by atoms with Gasteiger partial charge in [-0.1, -0.05) is 18.2 Å². The van der Waals surface area contributed by atoms with Gasteiger partial charge < -0.3 is 10.4 Å². The standard InChI is InChI=1S/C18H18FNO2/c19-15-8-7-13-4-2-6-17(16(13)10-15)20-11-12-3-1-5-14(9-12)18(21)22/h1,3,5,7-10,17,20H,2,4,6,11H2,(H,21,22)/t17-/m0/s1. The molecule has 1 atom stereocenters. The highest BCUT2D eigenvalue weighted by Crippen LogP contribution is 2.30. The fraction of sp³-hybridized carbons (Fsp3) is 0.278. The van der Waals surface area contributed by atoms with E-state index in [0.29, 0.717) is 6.54 Å². The first-order valence-electron chi connectivity index (χ1n) is 7.47. The second-order valence-corrected chi connectivity index (χ2v) is 5.67. The van der Waals surface area contributed by atoms with Crippen LogP contribution in [0.5, 0.6) is 0 Å². The highest BCUT2D eigenvalue weighted by molar-refractivity contribution is 5.87. The topological polar surface area (TPSA) is 49.3 Å². The molecule has 2 aromatic rings. The first-order chi connectivity index (χ1) is 10.6. The summed E-state index contributed by atoms with van der Waals surface area (Å²) in [5, 5.41) is 12.5. The van der Waals surface area contributed by atoms with Crippen LogP contribution in [0.2, 0.25) is 0 Å². The van der Waals surface area contributed by atoms with E-state index in [9.17, 15) is 9.18 Å². The maximum absolute atomic E-state index is 13.5. The Bertz CT molecular complexity index is 699. The number of aromatic carboxylic acids is 1. The van der Waals surface area contributed by atoms with Crippen LogP contribution in [0.25, 0.3) is 0 Å². The Kier molecular flexibility index (Phi) is 4.20. The van der Waals surface area contributed by atoms with Crippen molar-refractivity contribution >= 4 is 5.97 Å². The van der Waals surface area contributed by atoms with Gasteiger partial charge in [0.15, 0.2) is 0 Å². The van der Waals surface area contributed by atoms with Crippen LogP contribution >= 0.6 is 0 Å².